The minimum Gasteiger partial charge on any atom is -0.466 e. The quantitative estimate of drug-likeness (QED) is 0.911. The number of carbonyl (C=O) groups is 1. The summed E-state index contributed by atoms with van der Waals surface area (Å²) in [4.78, 5) is 16.7. The van der Waals surface area contributed by atoms with E-state index >= 15 is 0 Å². The zero-order valence-electron chi connectivity index (χ0n) is 14.0. The molecule has 0 radical (unpaired) electrons. The van der Waals surface area contributed by atoms with Crippen LogP contribution in [0.15, 0.2) is 34.9 Å². The van der Waals surface area contributed by atoms with Crippen LogP contribution in [-0.4, -0.2) is 36.3 Å². The molecule has 1 aliphatic rings. The van der Waals surface area contributed by atoms with Crippen LogP contribution in [0, 0.1) is 13.8 Å². The van der Waals surface area contributed by atoms with Gasteiger partial charge in [-0.25, -0.2) is 0 Å². The first kappa shape index (κ1) is 16.7. The highest BCUT2D eigenvalue weighted by atomic mass is 16.5. The molecule has 24 heavy (non-hydrogen) atoms. The van der Waals surface area contributed by atoms with Gasteiger partial charge in [-0.15, -0.1) is 0 Å². The van der Waals surface area contributed by atoms with E-state index in [9.17, 15) is 4.79 Å². The molecule has 128 valence electrons. The Labute approximate surface area is 141 Å². The van der Waals surface area contributed by atoms with Crippen molar-refractivity contribution in [3.05, 3.63) is 53.2 Å². The van der Waals surface area contributed by atoms with E-state index in [4.69, 9.17) is 13.9 Å². The molecule has 1 aliphatic heterocycles. The van der Waals surface area contributed by atoms with E-state index in [-0.39, 0.29) is 18.1 Å². The van der Waals surface area contributed by atoms with E-state index in [0.29, 0.717) is 31.1 Å². The number of amides is 1. The average molecular weight is 330 g/mol. The average Bonchev–Trinajstić information content (AvgIpc) is 2.93. The SMILES string of the molecule is Cc1cc(C(=O)N[C@@H]2COCC[C@H]2OCc2ccccn2)c(C)o1. The zero-order chi connectivity index (χ0) is 16.9. The smallest absolute Gasteiger partial charge is 0.255 e. The van der Waals surface area contributed by atoms with Crippen molar-refractivity contribution in [1.29, 1.82) is 0 Å². The molecule has 1 saturated heterocycles. The number of pyridine rings is 1. The molecule has 6 heteroatoms. The molecule has 0 aliphatic carbocycles. The molecular formula is C18H22N2O4. The van der Waals surface area contributed by atoms with E-state index in [2.05, 4.69) is 10.3 Å². The minimum absolute atomic E-state index is 0.0991. The number of carbonyl (C=O) groups excluding carboxylic acids is 1. The van der Waals surface area contributed by atoms with Crippen LogP contribution >= 0.6 is 0 Å². The van der Waals surface area contributed by atoms with Crippen molar-refractivity contribution in [3.8, 4) is 0 Å². The summed E-state index contributed by atoms with van der Waals surface area (Å²) >= 11 is 0. The predicted octanol–water partition coefficient (Wildman–Crippen LogP) is 2.40. The number of nitrogens with one attached hydrogen (secondary N) is 1. The van der Waals surface area contributed by atoms with Crippen LogP contribution in [0.1, 0.15) is 34.0 Å². The summed E-state index contributed by atoms with van der Waals surface area (Å²) in [5.74, 6) is 1.18. The second-order valence-electron chi connectivity index (χ2n) is 5.94. The van der Waals surface area contributed by atoms with Gasteiger partial charge in [0.1, 0.15) is 11.5 Å². The van der Waals surface area contributed by atoms with Crippen LogP contribution in [-0.2, 0) is 16.1 Å². The Hall–Kier alpha value is -2.18. The maximum atomic E-state index is 12.5. The fourth-order valence-corrected chi connectivity index (χ4v) is 2.83. The van der Waals surface area contributed by atoms with E-state index in [1.165, 1.54) is 0 Å². The number of aryl methyl sites for hydroxylation is 2. The van der Waals surface area contributed by atoms with Crippen molar-refractivity contribution in [1.82, 2.24) is 10.3 Å². The number of furan rings is 1. The lowest BCUT2D eigenvalue weighted by molar-refractivity contribution is -0.0612. The van der Waals surface area contributed by atoms with Gasteiger partial charge in [-0.05, 0) is 38.5 Å². The lowest BCUT2D eigenvalue weighted by Gasteiger charge is -2.32. The van der Waals surface area contributed by atoms with E-state index in [1.54, 1.807) is 19.2 Å². The van der Waals surface area contributed by atoms with E-state index in [0.717, 1.165) is 17.9 Å². The summed E-state index contributed by atoms with van der Waals surface area (Å²) in [6.07, 6.45) is 2.38. The summed E-state index contributed by atoms with van der Waals surface area (Å²) in [6, 6.07) is 7.28. The van der Waals surface area contributed by atoms with Gasteiger partial charge in [-0.1, -0.05) is 6.07 Å². The molecule has 0 bridgehead atoms. The topological polar surface area (TPSA) is 73.6 Å². The van der Waals surface area contributed by atoms with Gasteiger partial charge in [0.25, 0.3) is 5.91 Å². The lowest BCUT2D eigenvalue weighted by Crippen LogP contribution is -2.50. The van der Waals surface area contributed by atoms with Crippen LogP contribution in [0.3, 0.4) is 0 Å². The fourth-order valence-electron chi connectivity index (χ4n) is 2.83. The van der Waals surface area contributed by atoms with Gasteiger partial charge in [0.05, 0.1) is 36.6 Å². The van der Waals surface area contributed by atoms with Crippen molar-refractivity contribution in [3.63, 3.8) is 0 Å². The Morgan fingerprint density at radius 3 is 3.00 bits per heavy atom. The molecular weight excluding hydrogens is 308 g/mol. The molecule has 1 N–H and O–H groups in total. The van der Waals surface area contributed by atoms with Crippen LogP contribution < -0.4 is 5.32 Å². The second kappa shape index (κ2) is 7.59. The maximum absolute atomic E-state index is 12.5. The number of rotatable bonds is 5. The first-order valence-electron chi connectivity index (χ1n) is 8.10. The van der Waals surface area contributed by atoms with Gasteiger partial charge >= 0.3 is 0 Å². The molecule has 0 spiro atoms. The number of ether oxygens (including phenoxy) is 2. The van der Waals surface area contributed by atoms with Gasteiger partial charge in [-0.2, -0.15) is 0 Å². The predicted molar refractivity (Wildman–Crippen MR) is 87.7 cm³/mol. The molecule has 3 heterocycles. The zero-order valence-corrected chi connectivity index (χ0v) is 14.0. The third-order valence-corrected chi connectivity index (χ3v) is 4.07. The maximum Gasteiger partial charge on any atom is 0.255 e. The standard InChI is InChI=1S/C18H22N2O4/c1-12-9-15(13(2)24-12)18(21)20-16-11-22-8-6-17(16)23-10-14-5-3-4-7-19-14/h3-5,7,9,16-17H,6,8,10-11H2,1-2H3,(H,20,21)/t16-,17-/m1/s1. The van der Waals surface area contributed by atoms with E-state index < -0.39 is 0 Å². The fraction of sp³-hybridized carbons (Fsp3) is 0.444. The monoisotopic (exact) mass is 330 g/mol. The Balaban J connectivity index is 1.61. The van der Waals surface area contributed by atoms with Gasteiger partial charge < -0.3 is 19.2 Å². The summed E-state index contributed by atoms with van der Waals surface area (Å²) in [7, 11) is 0. The summed E-state index contributed by atoms with van der Waals surface area (Å²) in [6.45, 7) is 5.10. The van der Waals surface area contributed by atoms with Crippen molar-refractivity contribution < 1.29 is 18.7 Å². The molecule has 1 fully saturated rings. The van der Waals surface area contributed by atoms with Crippen molar-refractivity contribution in [2.24, 2.45) is 0 Å². The second-order valence-corrected chi connectivity index (χ2v) is 5.94. The highest BCUT2D eigenvalue weighted by Gasteiger charge is 2.29. The number of hydrogen-bond donors (Lipinski definition) is 1. The van der Waals surface area contributed by atoms with Gasteiger partial charge in [0, 0.05) is 12.8 Å². The number of aromatic nitrogens is 1. The molecule has 6 nitrogen and oxygen atoms in total. The molecule has 0 unspecified atom stereocenters. The van der Waals surface area contributed by atoms with Gasteiger partial charge in [0.15, 0.2) is 0 Å². The molecule has 0 saturated carbocycles. The van der Waals surface area contributed by atoms with Crippen molar-refractivity contribution in [2.75, 3.05) is 13.2 Å². The lowest BCUT2D eigenvalue weighted by atomic mass is 10.1. The highest BCUT2D eigenvalue weighted by molar-refractivity contribution is 5.95. The summed E-state index contributed by atoms with van der Waals surface area (Å²) in [5.41, 5.74) is 1.43. The Morgan fingerprint density at radius 2 is 2.29 bits per heavy atom. The molecule has 0 aromatic carbocycles. The van der Waals surface area contributed by atoms with Crippen LogP contribution in [0.25, 0.3) is 0 Å². The Bertz CT molecular complexity index is 684. The minimum atomic E-state index is -0.190. The third-order valence-electron chi connectivity index (χ3n) is 4.07. The summed E-state index contributed by atoms with van der Waals surface area (Å²) in [5, 5.41) is 3.01. The highest BCUT2D eigenvalue weighted by Crippen LogP contribution is 2.17. The van der Waals surface area contributed by atoms with Crippen LogP contribution in [0.2, 0.25) is 0 Å². The Morgan fingerprint density at radius 1 is 1.42 bits per heavy atom. The Kier molecular flexibility index (Phi) is 5.27. The number of hydrogen-bond acceptors (Lipinski definition) is 5. The van der Waals surface area contributed by atoms with Crippen LogP contribution in [0.5, 0.6) is 0 Å². The van der Waals surface area contributed by atoms with E-state index in [1.807, 2.05) is 25.1 Å². The molecule has 1 amide bonds. The normalized spacial score (nSPS) is 20.8. The molecule has 2 aromatic rings. The van der Waals surface area contributed by atoms with Gasteiger partial charge in [0.2, 0.25) is 0 Å². The molecule has 2 aromatic heterocycles. The first-order valence-corrected chi connectivity index (χ1v) is 8.10. The summed E-state index contributed by atoms with van der Waals surface area (Å²) < 4.78 is 16.9. The molecule has 3 rings (SSSR count). The number of nitrogens with zero attached hydrogens (tertiary/aromatic N) is 1. The molecule has 2 atom stereocenters. The van der Waals surface area contributed by atoms with Crippen molar-refractivity contribution in [2.45, 2.75) is 39.0 Å². The first-order chi connectivity index (χ1) is 11.6. The van der Waals surface area contributed by atoms with Crippen molar-refractivity contribution >= 4 is 5.91 Å². The van der Waals surface area contributed by atoms with Crippen LogP contribution in [0.4, 0.5) is 0 Å². The largest absolute Gasteiger partial charge is 0.466 e. The van der Waals surface area contributed by atoms with Gasteiger partial charge in [-0.3, -0.25) is 9.78 Å². The third kappa shape index (κ3) is 4.01.